The van der Waals surface area contributed by atoms with Gasteiger partial charge in [0.1, 0.15) is 0 Å². The van der Waals surface area contributed by atoms with Gasteiger partial charge in [0, 0.05) is 49.5 Å². The Balaban J connectivity index is 1.10. The van der Waals surface area contributed by atoms with Crippen molar-refractivity contribution in [2.45, 2.75) is 134 Å². The summed E-state index contributed by atoms with van der Waals surface area (Å²) in [7, 11) is 0. The molecular formula is C44H59N5O6. The first-order valence-electron chi connectivity index (χ1n) is 20.0. The third kappa shape index (κ3) is 11.2. The van der Waals surface area contributed by atoms with Crippen molar-refractivity contribution in [2.75, 3.05) is 17.6 Å². The fourth-order valence-electron chi connectivity index (χ4n) is 8.31. The number of benzene rings is 3. The van der Waals surface area contributed by atoms with E-state index in [1.807, 2.05) is 69.3 Å². The molecule has 3 aromatic carbocycles. The standard InChI is InChI=1S/C44H59N5O6/c1-44(2,3)48-42(53)38-24-23-31-9-4-7-12-37(31)49(38)27-34-25-39(32-19-17-30(28-50)18-20-32)55-43(54-34)33-21-15-29(16-22-33)26-46-40(51)13-8-14-41(52)47-36-11-6-5-10-35(36)45/h5-6,10-11,15-22,31,34,37-39,43,50H,4,7-9,12-14,23-28,45H2,1-3H3,(H,46,51)(H,47,52)(H,48,53). The molecule has 6 atom stereocenters. The first kappa shape index (κ1) is 40.4. The summed E-state index contributed by atoms with van der Waals surface area (Å²) >= 11 is 0. The Morgan fingerprint density at radius 1 is 0.836 bits per heavy atom. The summed E-state index contributed by atoms with van der Waals surface area (Å²) in [6, 6.07) is 23.0. The Kier molecular flexibility index (Phi) is 13.6. The van der Waals surface area contributed by atoms with Crippen molar-refractivity contribution in [3.63, 3.8) is 0 Å². The second kappa shape index (κ2) is 18.6. The maximum absolute atomic E-state index is 13.8. The number of hydrogen-bond acceptors (Lipinski definition) is 8. The van der Waals surface area contributed by atoms with Crippen LogP contribution >= 0.6 is 0 Å². The predicted octanol–water partition coefficient (Wildman–Crippen LogP) is 6.67. The highest BCUT2D eigenvalue weighted by Gasteiger charge is 2.44. The number of anilines is 2. The number of aliphatic hydroxyl groups excluding tert-OH is 1. The van der Waals surface area contributed by atoms with E-state index in [1.54, 1.807) is 24.3 Å². The molecule has 3 aliphatic rings. The highest BCUT2D eigenvalue weighted by atomic mass is 16.7. The minimum atomic E-state index is -0.629. The lowest BCUT2D eigenvalue weighted by molar-refractivity contribution is -0.255. The first-order valence-corrected chi connectivity index (χ1v) is 20.0. The molecule has 3 amide bonds. The molecule has 1 aliphatic carbocycles. The van der Waals surface area contributed by atoms with Crippen molar-refractivity contribution in [1.29, 1.82) is 0 Å². The second-order valence-corrected chi connectivity index (χ2v) is 16.5. The Labute approximate surface area is 325 Å². The van der Waals surface area contributed by atoms with Gasteiger partial charge in [-0.05, 0) is 87.6 Å². The van der Waals surface area contributed by atoms with Crippen LogP contribution in [-0.4, -0.2) is 58.0 Å². The molecule has 55 heavy (non-hydrogen) atoms. The van der Waals surface area contributed by atoms with Crippen LogP contribution in [-0.2, 0) is 37.0 Å². The monoisotopic (exact) mass is 753 g/mol. The number of nitrogens with zero attached hydrogens (tertiary/aromatic N) is 1. The number of aliphatic hydroxyl groups is 1. The lowest BCUT2D eigenvalue weighted by atomic mass is 9.75. The zero-order chi connectivity index (χ0) is 39.0. The summed E-state index contributed by atoms with van der Waals surface area (Å²) < 4.78 is 13.4. The van der Waals surface area contributed by atoms with Gasteiger partial charge in [-0.1, -0.05) is 73.5 Å². The predicted molar refractivity (Wildman–Crippen MR) is 213 cm³/mol. The maximum Gasteiger partial charge on any atom is 0.237 e. The van der Waals surface area contributed by atoms with Gasteiger partial charge in [-0.25, -0.2) is 0 Å². The van der Waals surface area contributed by atoms with Gasteiger partial charge in [-0.2, -0.15) is 0 Å². The van der Waals surface area contributed by atoms with Crippen LogP contribution in [0.15, 0.2) is 72.8 Å². The molecule has 296 valence electrons. The molecule has 3 fully saturated rings. The van der Waals surface area contributed by atoms with Gasteiger partial charge < -0.3 is 36.3 Å². The third-order valence-electron chi connectivity index (χ3n) is 11.1. The van der Waals surface area contributed by atoms with Crippen molar-refractivity contribution >= 4 is 29.1 Å². The highest BCUT2D eigenvalue weighted by molar-refractivity contribution is 5.94. The molecule has 6 unspecified atom stereocenters. The average molecular weight is 754 g/mol. The third-order valence-corrected chi connectivity index (χ3v) is 11.1. The molecule has 11 heteroatoms. The number of amides is 3. The number of ether oxygens (including phenoxy) is 2. The van der Waals surface area contributed by atoms with Gasteiger partial charge in [0.25, 0.3) is 0 Å². The van der Waals surface area contributed by atoms with Crippen molar-refractivity contribution in [2.24, 2.45) is 5.92 Å². The fraction of sp³-hybridized carbons (Fsp3) is 0.523. The Hall–Kier alpha value is -4.29. The molecule has 0 bridgehead atoms. The van der Waals surface area contributed by atoms with E-state index in [9.17, 15) is 19.5 Å². The summed E-state index contributed by atoms with van der Waals surface area (Å²) in [6.07, 6.45) is 7.12. The molecule has 2 saturated heterocycles. The van der Waals surface area contributed by atoms with E-state index in [-0.39, 0.29) is 61.0 Å². The number of likely N-dealkylation sites (tertiary alicyclic amines) is 1. The average Bonchev–Trinajstić information content (AvgIpc) is 3.17. The molecule has 1 saturated carbocycles. The lowest BCUT2D eigenvalue weighted by Gasteiger charge is -2.50. The lowest BCUT2D eigenvalue weighted by Crippen LogP contribution is -2.61. The van der Waals surface area contributed by atoms with E-state index in [2.05, 4.69) is 20.9 Å². The fourth-order valence-corrected chi connectivity index (χ4v) is 8.31. The minimum Gasteiger partial charge on any atom is -0.397 e. The van der Waals surface area contributed by atoms with Crippen molar-refractivity contribution in [3.8, 4) is 0 Å². The number of hydrogen-bond donors (Lipinski definition) is 5. The van der Waals surface area contributed by atoms with Crippen LogP contribution in [0.4, 0.5) is 11.4 Å². The number of rotatable bonds is 13. The summed E-state index contributed by atoms with van der Waals surface area (Å²) in [5.74, 6) is 0.385. The summed E-state index contributed by atoms with van der Waals surface area (Å²) in [6.45, 7) is 7.08. The summed E-state index contributed by atoms with van der Waals surface area (Å²) in [5.41, 5.74) is 10.3. The quantitative estimate of drug-likeness (QED) is 0.121. The van der Waals surface area contributed by atoms with Crippen LogP contribution in [0.1, 0.15) is 120 Å². The molecule has 0 aromatic heterocycles. The van der Waals surface area contributed by atoms with Crippen LogP contribution in [0.25, 0.3) is 0 Å². The molecule has 2 aliphatic heterocycles. The SMILES string of the molecule is CC(C)(C)NC(=O)C1CCC2CCCCC2N1CC1CC(c2ccc(CO)cc2)OC(c2ccc(CNC(=O)CCCC(=O)Nc3ccccc3N)cc2)O1. The summed E-state index contributed by atoms with van der Waals surface area (Å²) in [5, 5.41) is 18.7. The number of nitrogens with one attached hydrogen (secondary N) is 3. The Bertz CT molecular complexity index is 1740. The maximum atomic E-state index is 13.8. The van der Waals surface area contributed by atoms with E-state index in [0.29, 0.717) is 49.3 Å². The van der Waals surface area contributed by atoms with E-state index < -0.39 is 6.29 Å². The van der Waals surface area contributed by atoms with Crippen molar-refractivity contribution in [1.82, 2.24) is 15.5 Å². The van der Waals surface area contributed by atoms with E-state index in [1.165, 1.54) is 19.3 Å². The molecule has 6 rings (SSSR count). The molecule has 6 N–H and O–H groups in total. The number of carbonyl (C=O) groups excluding carboxylic acids is 3. The van der Waals surface area contributed by atoms with Gasteiger partial charge in [-0.3, -0.25) is 19.3 Å². The van der Waals surface area contributed by atoms with Crippen LogP contribution in [0.3, 0.4) is 0 Å². The van der Waals surface area contributed by atoms with E-state index in [4.69, 9.17) is 15.2 Å². The topological polar surface area (TPSA) is 155 Å². The molecular weight excluding hydrogens is 695 g/mol. The summed E-state index contributed by atoms with van der Waals surface area (Å²) in [4.78, 5) is 41.2. The van der Waals surface area contributed by atoms with E-state index >= 15 is 0 Å². The number of fused-ring (bicyclic) bond motifs is 1. The van der Waals surface area contributed by atoms with E-state index in [0.717, 1.165) is 41.5 Å². The Morgan fingerprint density at radius 2 is 1.53 bits per heavy atom. The smallest absolute Gasteiger partial charge is 0.237 e. The molecule has 3 aromatic rings. The Morgan fingerprint density at radius 3 is 2.25 bits per heavy atom. The van der Waals surface area contributed by atoms with Gasteiger partial charge in [-0.15, -0.1) is 0 Å². The minimum absolute atomic E-state index is 0.0235. The van der Waals surface area contributed by atoms with Crippen LogP contribution in [0.2, 0.25) is 0 Å². The number of piperidine rings is 1. The normalized spacial score (nSPS) is 24.4. The van der Waals surface area contributed by atoms with Crippen LogP contribution < -0.4 is 21.7 Å². The molecule has 2 heterocycles. The molecule has 0 radical (unpaired) electrons. The number of nitrogens with two attached hydrogens (primary N) is 1. The van der Waals surface area contributed by atoms with Gasteiger partial charge in [0.2, 0.25) is 17.7 Å². The van der Waals surface area contributed by atoms with Crippen molar-refractivity contribution < 1.29 is 29.0 Å². The van der Waals surface area contributed by atoms with Gasteiger partial charge in [0.15, 0.2) is 6.29 Å². The second-order valence-electron chi connectivity index (χ2n) is 16.5. The van der Waals surface area contributed by atoms with Gasteiger partial charge in [0.05, 0.1) is 36.2 Å². The molecule has 11 nitrogen and oxygen atoms in total. The number of carbonyl (C=O) groups is 3. The van der Waals surface area contributed by atoms with Gasteiger partial charge >= 0.3 is 0 Å². The number of para-hydroxylation sites is 2. The zero-order valence-corrected chi connectivity index (χ0v) is 32.6. The number of nitrogen functional groups attached to an aromatic ring is 1. The molecule has 0 spiro atoms. The first-order chi connectivity index (χ1) is 26.5. The largest absolute Gasteiger partial charge is 0.397 e. The van der Waals surface area contributed by atoms with Crippen molar-refractivity contribution in [3.05, 3.63) is 95.1 Å². The van der Waals surface area contributed by atoms with Crippen LogP contribution in [0.5, 0.6) is 0 Å². The highest BCUT2D eigenvalue weighted by Crippen LogP contribution is 2.42. The van der Waals surface area contributed by atoms with Crippen LogP contribution in [0, 0.1) is 5.92 Å². The zero-order valence-electron chi connectivity index (χ0n) is 32.6.